The first-order valence-electron chi connectivity index (χ1n) is 7.29. The topological polar surface area (TPSA) is 53.6 Å². The average molecular weight is 306 g/mol. The van der Waals surface area contributed by atoms with Crippen LogP contribution in [-0.4, -0.2) is 16.3 Å². The summed E-state index contributed by atoms with van der Waals surface area (Å²) in [6.07, 6.45) is 4.41. The van der Waals surface area contributed by atoms with Gasteiger partial charge in [0.15, 0.2) is 0 Å². The van der Waals surface area contributed by atoms with Crippen LogP contribution in [0.1, 0.15) is 11.1 Å². The van der Waals surface area contributed by atoms with Crippen LogP contribution >= 0.6 is 0 Å². The van der Waals surface area contributed by atoms with Gasteiger partial charge in [-0.1, -0.05) is 18.2 Å². The molecule has 23 heavy (non-hydrogen) atoms. The van der Waals surface area contributed by atoms with Crippen molar-refractivity contribution < 1.29 is 4.39 Å². The minimum absolute atomic E-state index is 0.0570. The first-order chi connectivity index (χ1) is 11.3. The molecule has 1 heterocycles. The monoisotopic (exact) mass is 306 g/mol. The summed E-state index contributed by atoms with van der Waals surface area (Å²) in [6, 6.07) is 16.4. The normalized spacial score (nSPS) is 10.3. The van der Waals surface area contributed by atoms with E-state index in [-0.39, 0.29) is 5.56 Å². The minimum Gasteiger partial charge on any atom is -0.384 e. The van der Waals surface area contributed by atoms with Crippen molar-refractivity contribution in [3.8, 4) is 11.8 Å². The molecule has 2 aromatic carbocycles. The molecule has 0 radical (unpaired) electrons. The number of nitrogens with zero attached hydrogens (tertiary/aromatic N) is 3. The van der Waals surface area contributed by atoms with Crippen LogP contribution in [0.5, 0.6) is 0 Å². The molecule has 0 aliphatic carbocycles. The highest BCUT2D eigenvalue weighted by molar-refractivity contribution is 5.57. The van der Waals surface area contributed by atoms with Gasteiger partial charge in [-0.25, -0.2) is 9.07 Å². The first kappa shape index (κ1) is 14.8. The van der Waals surface area contributed by atoms with E-state index in [1.807, 2.05) is 42.6 Å². The molecule has 0 unspecified atom stereocenters. The Morgan fingerprint density at radius 3 is 2.65 bits per heavy atom. The number of nitrogens with one attached hydrogen (secondary N) is 1. The summed E-state index contributed by atoms with van der Waals surface area (Å²) in [5.74, 6) is -0.499. The lowest BCUT2D eigenvalue weighted by Crippen LogP contribution is -2.07. The van der Waals surface area contributed by atoms with Crippen LogP contribution in [0.2, 0.25) is 0 Å². The summed E-state index contributed by atoms with van der Waals surface area (Å²) >= 11 is 0. The van der Waals surface area contributed by atoms with Crippen molar-refractivity contribution in [1.82, 2.24) is 9.78 Å². The molecule has 4 nitrogen and oxygen atoms in total. The van der Waals surface area contributed by atoms with E-state index in [0.717, 1.165) is 17.7 Å². The fraction of sp³-hybridized carbons (Fsp3) is 0.111. The molecule has 1 N–H and O–H groups in total. The van der Waals surface area contributed by atoms with Gasteiger partial charge in [-0.15, -0.1) is 0 Å². The standard InChI is InChI=1S/C18H15FN4/c19-17-3-1-4-18(16(17)13-20)21-11-9-14-5-7-15(8-6-14)23-12-2-10-22-23/h1-8,10,12,21H,9,11H2. The third kappa shape index (κ3) is 3.38. The van der Waals surface area contributed by atoms with Crippen molar-refractivity contribution >= 4 is 5.69 Å². The van der Waals surface area contributed by atoms with Gasteiger partial charge in [-0.2, -0.15) is 10.4 Å². The van der Waals surface area contributed by atoms with Gasteiger partial charge in [0, 0.05) is 18.9 Å². The number of hydrogen-bond donors (Lipinski definition) is 1. The van der Waals surface area contributed by atoms with E-state index >= 15 is 0 Å². The van der Waals surface area contributed by atoms with E-state index in [0.29, 0.717) is 12.2 Å². The van der Waals surface area contributed by atoms with Gasteiger partial charge in [-0.3, -0.25) is 0 Å². The van der Waals surface area contributed by atoms with Gasteiger partial charge in [0.2, 0.25) is 0 Å². The van der Waals surface area contributed by atoms with Crippen LogP contribution in [0.15, 0.2) is 60.9 Å². The molecule has 0 bridgehead atoms. The van der Waals surface area contributed by atoms with Gasteiger partial charge in [0.25, 0.3) is 0 Å². The Kier molecular flexibility index (Phi) is 4.34. The highest BCUT2D eigenvalue weighted by Crippen LogP contribution is 2.18. The van der Waals surface area contributed by atoms with E-state index < -0.39 is 5.82 Å². The van der Waals surface area contributed by atoms with Crippen molar-refractivity contribution in [2.75, 3.05) is 11.9 Å². The Bertz CT molecular complexity index is 817. The number of aromatic nitrogens is 2. The molecule has 0 fully saturated rings. The molecule has 0 aliphatic rings. The number of rotatable bonds is 5. The fourth-order valence-electron chi connectivity index (χ4n) is 2.36. The lowest BCUT2D eigenvalue weighted by molar-refractivity contribution is 0.624. The molecule has 0 amide bonds. The van der Waals surface area contributed by atoms with Crippen LogP contribution in [0.3, 0.4) is 0 Å². The van der Waals surface area contributed by atoms with Gasteiger partial charge in [-0.05, 0) is 42.3 Å². The smallest absolute Gasteiger partial charge is 0.143 e. The van der Waals surface area contributed by atoms with Crippen molar-refractivity contribution in [2.24, 2.45) is 0 Å². The van der Waals surface area contributed by atoms with Gasteiger partial charge in [0.1, 0.15) is 17.4 Å². The molecule has 0 aliphatic heterocycles. The first-order valence-corrected chi connectivity index (χ1v) is 7.29. The third-order valence-electron chi connectivity index (χ3n) is 3.56. The van der Waals surface area contributed by atoms with Crippen LogP contribution < -0.4 is 5.32 Å². The van der Waals surface area contributed by atoms with Gasteiger partial charge in [0.05, 0.1) is 11.4 Å². The van der Waals surface area contributed by atoms with Crippen molar-refractivity contribution in [2.45, 2.75) is 6.42 Å². The molecule has 1 aromatic heterocycles. The summed E-state index contributed by atoms with van der Waals surface area (Å²) in [7, 11) is 0. The Balaban J connectivity index is 1.61. The Hall–Kier alpha value is -3.13. The maximum absolute atomic E-state index is 13.5. The zero-order valence-electron chi connectivity index (χ0n) is 12.4. The lowest BCUT2D eigenvalue weighted by atomic mass is 10.1. The van der Waals surface area contributed by atoms with Crippen molar-refractivity contribution in [3.63, 3.8) is 0 Å². The van der Waals surface area contributed by atoms with Crippen molar-refractivity contribution in [1.29, 1.82) is 5.26 Å². The summed E-state index contributed by atoms with van der Waals surface area (Å²) in [5.41, 5.74) is 2.74. The number of nitriles is 1. The fourth-order valence-corrected chi connectivity index (χ4v) is 2.36. The molecule has 3 aromatic rings. The van der Waals surface area contributed by atoms with E-state index in [2.05, 4.69) is 10.4 Å². The third-order valence-corrected chi connectivity index (χ3v) is 3.56. The number of halogens is 1. The highest BCUT2D eigenvalue weighted by Gasteiger charge is 2.06. The van der Waals surface area contributed by atoms with Crippen LogP contribution in [0.4, 0.5) is 10.1 Å². The zero-order valence-corrected chi connectivity index (χ0v) is 12.4. The van der Waals surface area contributed by atoms with Crippen molar-refractivity contribution in [3.05, 3.63) is 77.9 Å². The predicted octanol–water partition coefficient (Wildman–Crippen LogP) is 3.54. The molecule has 3 rings (SSSR count). The second kappa shape index (κ2) is 6.75. The van der Waals surface area contributed by atoms with Crippen LogP contribution in [0.25, 0.3) is 5.69 Å². The van der Waals surface area contributed by atoms with E-state index in [1.165, 1.54) is 6.07 Å². The summed E-state index contributed by atoms with van der Waals surface area (Å²) in [4.78, 5) is 0. The molecule has 114 valence electrons. The second-order valence-electron chi connectivity index (χ2n) is 5.07. The molecule has 0 spiro atoms. The Morgan fingerprint density at radius 2 is 1.96 bits per heavy atom. The van der Waals surface area contributed by atoms with Crippen LogP contribution in [-0.2, 0) is 6.42 Å². The average Bonchev–Trinajstić information content (AvgIpc) is 3.10. The Labute approximate surface area is 133 Å². The van der Waals surface area contributed by atoms with E-state index in [1.54, 1.807) is 23.0 Å². The lowest BCUT2D eigenvalue weighted by Gasteiger charge is -2.09. The summed E-state index contributed by atoms with van der Waals surface area (Å²) in [6.45, 7) is 0.624. The quantitative estimate of drug-likeness (QED) is 0.784. The highest BCUT2D eigenvalue weighted by atomic mass is 19.1. The summed E-state index contributed by atoms with van der Waals surface area (Å²) in [5, 5.41) is 16.3. The zero-order chi connectivity index (χ0) is 16.1. The largest absolute Gasteiger partial charge is 0.384 e. The number of anilines is 1. The second-order valence-corrected chi connectivity index (χ2v) is 5.07. The van der Waals surface area contributed by atoms with Gasteiger partial charge < -0.3 is 5.32 Å². The number of hydrogen-bond acceptors (Lipinski definition) is 3. The SMILES string of the molecule is N#Cc1c(F)cccc1NCCc1ccc(-n2cccn2)cc1. The molecular formula is C18H15FN4. The molecular weight excluding hydrogens is 291 g/mol. The number of benzene rings is 2. The minimum atomic E-state index is -0.499. The maximum Gasteiger partial charge on any atom is 0.143 e. The predicted molar refractivity (Wildman–Crippen MR) is 86.9 cm³/mol. The molecule has 0 saturated heterocycles. The van der Waals surface area contributed by atoms with Crippen LogP contribution in [0, 0.1) is 17.1 Å². The Morgan fingerprint density at radius 1 is 1.13 bits per heavy atom. The molecule has 0 atom stereocenters. The molecule has 0 saturated carbocycles. The maximum atomic E-state index is 13.5. The van der Waals surface area contributed by atoms with E-state index in [4.69, 9.17) is 5.26 Å². The van der Waals surface area contributed by atoms with Gasteiger partial charge >= 0.3 is 0 Å². The molecule has 5 heteroatoms. The summed E-state index contributed by atoms with van der Waals surface area (Å²) < 4.78 is 15.3. The van der Waals surface area contributed by atoms with E-state index in [9.17, 15) is 4.39 Å².